The summed E-state index contributed by atoms with van der Waals surface area (Å²) in [5.74, 6) is -2.81. The molecule has 2 aromatic rings. The lowest BCUT2D eigenvalue weighted by Crippen LogP contribution is -2.65. The van der Waals surface area contributed by atoms with Gasteiger partial charge in [0.2, 0.25) is 11.8 Å². The first kappa shape index (κ1) is 36.4. The first-order chi connectivity index (χ1) is 21.8. The van der Waals surface area contributed by atoms with Gasteiger partial charge in [0.15, 0.2) is 6.10 Å². The van der Waals surface area contributed by atoms with Crippen LogP contribution in [0.4, 0.5) is 0 Å². The van der Waals surface area contributed by atoms with Crippen LogP contribution in [-0.2, 0) is 41.5 Å². The van der Waals surface area contributed by atoms with Crippen LogP contribution in [0.5, 0.6) is 5.75 Å². The zero-order valence-corrected chi connectivity index (χ0v) is 26.0. The highest BCUT2D eigenvalue weighted by molar-refractivity contribution is 5.92. The number of hydrogen-bond donors (Lipinski definition) is 8. The number of methoxy groups -OCH3 is 1. The van der Waals surface area contributed by atoms with E-state index in [-0.39, 0.29) is 37.5 Å². The largest absolute Gasteiger partial charge is 0.508 e. The Morgan fingerprint density at radius 2 is 1.48 bits per heavy atom. The molecule has 1 fully saturated rings. The number of aliphatic hydroxyl groups is 3. The zero-order valence-electron chi connectivity index (χ0n) is 26.0. The van der Waals surface area contributed by atoms with Crippen LogP contribution < -0.4 is 21.7 Å². The van der Waals surface area contributed by atoms with Crippen molar-refractivity contribution in [2.24, 2.45) is 11.7 Å². The van der Waals surface area contributed by atoms with Gasteiger partial charge in [0, 0.05) is 13.0 Å². The Labute approximate surface area is 267 Å². The number of phenolic OH excluding ortho intramolecular Hbond substituents is 1. The van der Waals surface area contributed by atoms with Crippen molar-refractivity contribution in [3.8, 4) is 5.75 Å². The minimum atomic E-state index is -1.87. The fourth-order valence-corrected chi connectivity index (χ4v) is 5.06. The minimum Gasteiger partial charge on any atom is -0.508 e. The third-order valence-corrected chi connectivity index (χ3v) is 7.60. The number of esters is 1. The Morgan fingerprint density at radius 1 is 0.848 bits per heavy atom. The summed E-state index contributed by atoms with van der Waals surface area (Å²) >= 11 is 0. The van der Waals surface area contributed by atoms with Gasteiger partial charge in [-0.1, -0.05) is 56.3 Å². The molecule has 0 bridgehead atoms. The zero-order chi connectivity index (χ0) is 34.0. The third-order valence-electron chi connectivity index (χ3n) is 7.60. The number of carbonyl (C=O) groups excluding carboxylic acids is 4. The number of nitrogens with one attached hydrogen (secondary N) is 3. The molecule has 1 saturated heterocycles. The van der Waals surface area contributed by atoms with Crippen molar-refractivity contribution in [3.05, 3.63) is 65.7 Å². The Hall–Kier alpha value is -4.08. The van der Waals surface area contributed by atoms with Gasteiger partial charge in [-0.3, -0.25) is 14.4 Å². The molecule has 2 aromatic carbocycles. The monoisotopic (exact) mass is 644 g/mol. The van der Waals surface area contributed by atoms with Gasteiger partial charge < -0.3 is 51.6 Å². The van der Waals surface area contributed by atoms with Gasteiger partial charge in [-0.2, -0.15) is 0 Å². The number of hydrogen-bond acceptors (Lipinski definition) is 11. The summed E-state index contributed by atoms with van der Waals surface area (Å²) in [6.07, 6.45) is -7.99. The number of aliphatic hydroxyl groups excluding tert-OH is 3. The fraction of sp³-hybridized carbons (Fsp3) is 0.500. The van der Waals surface area contributed by atoms with Crippen LogP contribution in [0.1, 0.15) is 31.4 Å². The van der Waals surface area contributed by atoms with Crippen molar-refractivity contribution in [1.82, 2.24) is 16.0 Å². The molecule has 1 aliphatic heterocycles. The number of nitrogens with two attached hydrogens (primary N) is 1. The van der Waals surface area contributed by atoms with Crippen molar-refractivity contribution in [1.29, 1.82) is 0 Å². The molecule has 46 heavy (non-hydrogen) atoms. The van der Waals surface area contributed by atoms with Crippen molar-refractivity contribution in [3.63, 3.8) is 0 Å². The van der Waals surface area contributed by atoms with Crippen LogP contribution in [0.3, 0.4) is 0 Å². The second kappa shape index (κ2) is 17.0. The summed E-state index contributed by atoms with van der Waals surface area (Å²) in [4.78, 5) is 51.9. The van der Waals surface area contributed by atoms with Gasteiger partial charge in [-0.05, 0) is 42.0 Å². The highest BCUT2D eigenvalue weighted by Gasteiger charge is 2.47. The average Bonchev–Trinajstić information content (AvgIpc) is 3.03. The number of carbonyl (C=O) groups is 4. The number of ether oxygens (including phenoxy) is 2. The van der Waals surface area contributed by atoms with Gasteiger partial charge in [0.1, 0.15) is 42.2 Å². The molecular weight excluding hydrogens is 600 g/mol. The number of benzene rings is 2. The summed E-state index contributed by atoms with van der Waals surface area (Å²) in [5, 5.41) is 48.9. The third kappa shape index (κ3) is 10.2. The van der Waals surface area contributed by atoms with Gasteiger partial charge in [-0.25, -0.2) is 4.79 Å². The average molecular weight is 645 g/mol. The van der Waals surface area contributed by atoms with Gasteiger partial charge >= 0.3 is 5.97 Å². The molecule has 252 valence electrons. The van der Waals surface area contributed by atoms with Crippen LogP contribution in [-0.4, -0.2) is 106 Å². The summed E-state index contributed by atoms with van der Waals surface area (Å²) in [6.45, 7) is 3.38. The predicted octanol–water partition coefficient (Wildman–Crippen LogP) is -1.34. The predicted molar refractivity (Wildman–Crippen MR) is 165 cm³/mol. The van der Waals surface area contributed by atoms with E-state index in [1.807, 2.05) is 13.8 Å². The lowest BCUT2D eigenvalue weighted by molar-refractivity contribution is -0.219. The van der Waals surface area contributed by atoms with Crippen LogP contribution in [0.25, 0.3) is 0 Å². The highest BCUT2D eigenvalue weighted by Crippen LogP contribution is 2.22. The molecule has 1 heterocycles. The first-order valence-corrected chi connectivity index (χ1v) is 15.0. The topological polar surface area (TPSA) is 230 Å². The Kier molecular flexibility index (Phi) is 13.5. The maximum absolute atomic E-state index is 13.5. The summed E-state index contributed by atoms with van der Waals surface area (Å²) in [5.41, 5.74) is 7.38. The number of rotatable bonds is 14. The van der Waals surface area contributed by atoms with E-state index in [1.54, 1.807) is 42.5 Å². The van der Waals surface area contributed by atoms with E-state index < -0.39 is 72.3 Å². The molecule has 0 aliphatic carbocycles. The van der Waals surface area contributed by atoms with E-state index in [1.165, 1.54) is 19.2 Å². The fourth-order valence-electron chi connectivity index (χ4n) is 5.06. The van der Waals surface area contributed by atoms with Crippen molar-refractivity contribution in [2.45, 2.75) is 81.8 Å². The Balaban J connectivity index is 1.71. The molecule has 3 rings (SSSR count). The number of phenols is 1. The van der Waals surface area contributed by atoms with Gasteiger partial charge in [0.25, 0.3) is 5.91 Å². The molecule has 14 heteroatoms. The van der Waals surface area contributed by atoms with E-state index in [2.05, 4.69) is 16.0 Å². The maximum atomic E-state index is 13.5. The summed E-state index contributed by atoms with van der Waals surface area (Å²) < 4.78 is 10.5. The first-order valence-electron chi connectivity index (χ1n) is 15.0. The van der Waals surface area contributed by atoms with E-state index in [9.17, 15) is 39.6 Å². The standard InChI is InChI=1S/C32H44N4O10/c1-17(2)13-23(32(44)45-3)36-30(42)22(15-18-7-5-4-6-8-18)35-31(43)28-27(40)26(39)25(38)24(46-28)16-34-29(41)21(33)14-19-9-11-20(37)12-10-19/h4-12,17,21-28,37-40H,13-16,33H2,1-3H3,(H,34,41)(H,35,43)(H,36,42)/t21-,22-,23-,24-,25-,26+,27-,28-/m0/s1. The molecule has 0 unspecified atom stereocenters. The normalized spacial score (nSPS) is 23.1. The molecule has 8 atom stereocenters. The van der Waals surface area contributed by atoms with Crippen LogP contribution in [0.15, 0.2) is 54.6 Å². The molecule has 1 aliphatic rings. The van der Waals surface area contributed by atoms with Crippen molar-refractivity contribution >= 4 is 23.7 Å². The van der Waals surface area contributed by atoms with E-state index >= 15 is 0 Å². The van der Waals surface area contributed by atoms with Crippen LogP contribution in [0.2, 0.25) is 0 Å². The van der Waals surface area contributed by atoms with Gasteiger partial charge in [0.05, 0.1) is 13.2 Å². The second-order valence-corrected chi connectivity index (χ2v) is 11.8. The van der Waals surface area contributed by atoms with Crippen molar-refractivity contribution in [2.75, 3.05) is 13.7 Å². The van der Waals surface area contributed by atoms with E-state index in [0.29, 0.717) is 11.1 Å². The smallest absolute Gasteiger partial charge is 0.328 e. The quantitative estimate of drug-likeness (QED) is 0.112. The van der Waals surface area contributed by atoms with Crippen LogP contribution in [0, 0.1) is 5.92 Å². The van der Waals surface area contributed by atoms with Crippen molar-refractivity contribution < 1.29 is 49.1 Å². The molecule has 0 saturated carbocycles. The second-order valence-electron chi connectivity index (χ2n) is 11.8. The summed E-state index contributed by atoms with van der Waals surface area (Å²) in [6, 6.07) is 11.7. The lowest BCUT2D eigenvalue weighted by Gasteiger charge is -2.40. The van der Waals surface area contributed by atoms with E-state index in [4.69, 9.17) is 15.2 Å². The number of amides is 3. The van der Waals surface area contributed by atoms with Gasteiger partial charge in [-0.15, -0.1) is 0 Å². The molecule has 0 radical (unpaired) electrons. The molecule has 0 aromatic heterocycles. The Bertz CT molecular complexity index is 1310. The molecular formula is C32H44N4O10. The summed E-state index contributed by atoms with van der Waals surface area (Å²) in [7, 11) is 1.20. The molecule has 0 spiro atoms. The molecule has 3 amide bonds. The maximum Gasteiger partial charge on any atom is 0.328 e. The molecule has 14 nitrogen and oxygen atoms in total. The Morgan fingerprint density at radius 3 is 2.09 bits per heavy atom. The lowest BCUT2D eigenvalue weighted by atomic mass is 9.93. The van der Waals surface area contributed by atoms with Crippen LogP contribution >= 0.6 is 0 Å². The SMILES string of the molecule is COC(=O)[C@H](CC(C)C)NC(=O)[C@H](Cc1ccccc1)NC(=O)[C@H]1O[C@@H](CNC(=O)[C@@H](N)Cc2ccc(O)cc2)[C@H](O)[C@@H](O)[C@@H]1O. The highest BCUT2D eigenvalue weighted by atomic mass is 16.5. The molecule has 9 N–H and O–H groups in total. The number of aromatic hydroxyl groups is 1. The van der Waals surface area contributed by atoms with E-state index in [0.717, 1.165) is 0 Å². The minimum absolute atomic E-state index is 0.0143.